The third-order valence-electron chi connectivity index (χ3n) is 5.74. The number of hydrogen-bond donors (Lipinski definition) is 1. The minimum absolute atomic E-state index is 0.0547. The van der Waals surface area contributed by atoms with E-state index in [1.807, 2.05) is 6.07 Å². The maximum atomic E-state index is 14.6. The van der Waals surface area contributed by atoms with Crippen LogP contribution in [0.5, 0.6) is 0 Å². The first kappa shape index (κ1) is 18.4. The van der Waals surface area contributed by atoms with E-state index in [1.54, 1.807) is 54.1 Å². The zero-order valence-corrected chi connectivity index (χ0v) is 16.8. The summed E-state index contributed by atoms with van der Waals surface area (Å²) < 4.78 is 21.7. The molecule has 0 radical (unpaired) electrons. The number of nitrogens with one attached hydrogen (secondary N) is 1. The molecule has 0 amide bonds. The van der Waals surface area contributed by atoms with Crippen LogP contribution in [-0.2, 0) is 6.54 Å². The van der Waals surface area contributed by atoms with E-state index in [4.69, 9.17) is 4.42 Å². The number of aromatic nitrogens is 4. The fraction of sp³-hybridized carbons (Fsp3) is 0.0833. The standard InChI is InChI=1S/C24H15FN4O3/c1-12-9-15-18(10-16(12)25)29(11-19-27-17-7-3-2-5-13(17)22(30)28-19)21-20(15)14-6-4-8-26-23(14)32-24(21)31/h2-10H,11H2,1H3,(H,27,28,30). The molecule has 0 unspecified atom stereocenters. The molecule has 0 atom stereocenters. The number of pyridine rings is 1. The van der Waals surface area contributed by atoms with Crippen LogP contribution >= 0.6 is 0 Å². The van der Waals surface area contributed by atoms with Crippen molar-refractivity contribution in [3.63, 3.8) is 0 Å². The molecule has 4 aromatic heterocycles. The van der Waals surface area contributed by atoms with Crippen molar-refractivity contribution in [2.45, 2.75) is 13.5 Å². The number of para-hydroxylation sites is 1. The normalized spacial score (nSPS) is 11.8. The zero-order chi connectivity index (χ0) is 22.0. The second-order valence-electron chi connectivity index (χ2n) is 7.70. The van der Waals surface area contributed by atoms with Crippen LogP contribution in [0.4, 0.5) is 4.39 Å². The highest BCUT2D eigenvalue weighted by Gasteiger charge is 2.21. The van der Waals surface area contributed by atoms with Gasteiger partial charge in [0.2, 0.25) is 5.71 Å². The van der Waals surface area contributed by atoms with Gasteiger partial charge in [-0.3, -0.25) is 4.79 Å². The second-order valence-corrected chi connectivity index (χ2v) is 7.70. The maximum Gasteiger partial charge on any atom is 0.362 e. The Balaban J connectivity index is 1.73. The van der Waals surface area contributed by atoms with E-state index in [1.165, 1.54) is 6.07 Å². The van der Waals surface area contributed by atoms with Gasteiger partial charge >= 0.3 is 5.63 Å². The molecule has 4 heterocycles. The summed E-state index contributed by atoms with van der Waals surface area (Å²) >= 11 is 0. The molecule has 32 heavy (non-hydrogen) atoms. The van der Waals surface area contributed by atoms with E-state index in [0.29, 0.717) is 44.0 Å². The molecular weight excluding hydrogens is 411 g/mol. The molecule has 0 saturated heterocycles. The molecule has 0 aliphatic heterocycles. The minimum atomic E-state index is -0.594. The molecule has 0 bridgehead atoms. The summed E-state index contributed by atoms with van der Waals surface area (Å²) in [6.45, 7) is 1.73. The van der Waals surface area contributed by atoms with E-state index in [9.17, 15) is 14.0 Å². The van der Waals surface area contributed by atoms with Gasteiger partial charge < -0.3 is 14.0 Å². The Kier molecular flexibility index (Phi) is 3.79. The monoisotopic (exact) mass is 426 g/mol. The third kappa shape index (κ3) is 2.59. The topological polar surface area (TPSA) is 93.8 Å². The molecule has 1 N–H and O–H groups in total. The number of halogens is 1. The molecule has 0 aliphatic carbocycles. The summed E-state index contributed by atoms with van der Waals surface area (Å²) in [6.07, 6.45) is 1.55. The Morgan fingerprint density at radius 2 is 1.88 bits per heavy atom. The van der Waals surface area contributed by atoms with Gasteiger partial charge in [0.25, 0.3) is 5.56 Å². The van der Waals surface area contributed by atoms with Gasteiger partial charge in [-0.15, -0.1) is 0 Å². The number of H-pyrrole nitrogens is 1. The van der Waals surface area contributed by atoms with Crippen LogP contribution in [0.25, 0.3) is 43.8 Å². The Labute approximate surface area is 178 Å². The number of aromatic amines is 1. The van der Waals surface area contributed by atoms with Crippen LogP contribution in [0, 0.1) is 12.7 Å². The molecule has 7 nitrogen and oxygen atoms in total. The van der Waals surface area contributed by atoms with E-state index >= 15 is 0 Å². The van der Waals surface area contributed by atoms with Crippen LogP contribution in [0.1, 0.15) is 11.4 Å². The predicted octanol–water partition coefficient (Wildman–Crippen LogP) is 4.03. The first-order chi connectivity index (χ1) is 15.5. The molecule has 0 saturated carbocycles. The van der Waals surface area contributed by atoms with Gasteiger partial charge in [-0.2, -0.15) is 0 Å². The first-order valence-corrected chi connectivity index (χ1v) is 9.99. The number of aryl methyl sites for hydroxylation is 1. The average molecular weight is 426 g/mol. The maximum absolute atomic E-state index is 14.6. The summed E-state index contributed by atoms with van der Waals surface area (Å²) in [5.74, 6) is -0.0486. The number of hydrogen-bond acceptors (Lipinski definition) is 5. The minimum Gasteiger partial charge on any atom is -0.402 e. The molecule has 6 aromatic rings. The van der Waals surface area contributed by atoms with E-state index in [-0.39, 0.29) is 23.3 Å². The molecule has 0 aliphatic rings. The number of fused-ring (bicyclic) bond motifs is 6. The quantitative estimate of drug-likeness (QED) is 0.451. The van der Waals surface area contributed by atoms with Crippen molar-refractivity contribution in [2.24, 2.45) is 0 Å². The van der Waals surface area contributed by atoms with Gasteiger partial charge in [0, 0.05) is 22.4 Å². The highest BCUT2D eigenvalue weighted by molar-refractivity contribution is 6.18. The van der Waals surface area contributed by atoms with E-state index in [0.717, 1.165) is 0 Å². The molecule has 0 fully saturated rings. The van der Waals surface area contributed by atoms with Crippen molar-refractivity contribution in [1.29, 1.82) is 0 Å². The van der Waals surface area contributed by atoms with Gasteiger partial charge in [-0.05, 0) is 48.9 Å². The number of rotatable bonds is 2. The fourth-order valence-electron chi connectivity index (χ4n) is 4.28. The molecule has 8 heteroatoms. The van der Waals surface area contributed by atoms with Crippen LogP contribution < -0.4 is 11.2 Å². The van der Waals surface area contributed by atoms with Crippen LogP contribution in [-0.4, -0.2) is 19.5 Å². The van der Waals surface area contributed by atoms with Gasteiger partial charge in [0.15, 0.2) is 0 Å². The molecular formula is C24H15FN4O3. The molecule has 0 spiro atoms. The van der Waals surface area contributed by atoms with Gasteiger partial charge in [0.05, 0.1) is 23.0 Å². The first-order valence-electron chi connectivity index (χ1n) is 9.99. The van der Waals surface area contributed by atoms with Crippen LogP contribution in [0.3, 0.4) is 0 Å². The predicted molar refractivity (Wildman–Crippen MR) is 119 cm³/mol. The van der Waals surface area contributed by atoms with Crippen LogP contribution in [0.15, 0.2) is 68.7 Å². The lowest BCUT2D eigenvalue weighted by atomic mass is 10.1. The Bertz CT molecular complexity index is 1830. The lowest BCUT2D eigenvalue weighted by Gasteiger charge is -2.08. The number of benzene rings is 2. The summed E-state index contributed by atoms with van der Waals surface area (Å²) in [5, 5.41) is 2.45. The second kappa shape index (κ2) is 6.58. The lowest BCUT2D eigenvalue weighted by Crippen LogP contribution is -2.16. The lowest BCUT2D eigenvalue weighted by molar-refractivity contribution is 0.553. The highest BCUT2D eigenvalue weighted by atomic mass is 19.1. The fourth-order valence-corrected chi connectivity index (χ4v) is 4.28. The Morgan fingerprint density at radius 3 is 2.75 bits per heavy atom. The van der Waals surface area contributed by atoms with Crippen LogP contribution in [0.2, 0.25) is 0 Å². The third-order valence-corrected chi connectivity index (χ3v) is 5.74. The van der Waals surface area contributed by atoms with Gasteiger partial charge in [-0.1, -0.05) is 12.1 Å². The molecule has 156 valence electrons. The van der Waals surface area contributed by atoms with Crippen molar-refractivity contribution in [3.05, 3.63) is 92.7 Å². The van der Waals surface area contributed by atoms with E-state index < -0.39 is 11.4 Å². The van der Waals surface area contributed by atoms with Crippen molar-refractivity contribution < 1.29 is 8.81 Å². The largest absolute Gasteiger partial charge is 0.402 e. The van der Waals surface area contributed by atoms with Crippen molar-refractivity contribution in [3.8, 4) is 0 Å². The molecule has 2 aromatic carbocycles. The van der Waals surface area contributed by atoms with Gasteiger partial charge in [-0.25, -0.2) is 19.2 Å². The highest BCUT2D eigenvalue weighted by Crippen LogP contribution is 2.34. The zero-order valence-electron chi connectivity index (χ0n) is 16.8. The Hall–Kier alpha value is -4.33. The van der Waals surface area contributed by atoms with Crippen molar-refractivity contribution in [2.75, 3.05) is 0 Å². The van der Waals surface area contributed by atoms with E-state index in [2.05, 4.69) is 15.0 Å². The van der Waals surface area contributed by atoms with Gasteiger partial charge in [0.1, 0.15) is 17.2 Å². The summed E-state index contributed by atoms with van der Waals surface area (Å²) in [7, 11) is 0. The van der Waals surface area contributed by atoms with Crippen molar-refractivity contribution in [1.82, 2.24) is 19.5 Å². The number of nitrogens with zero attached hydrogens (tertiary/aromatic N) is 3. The molecule has 6 rings (SSSR count). The smallest absolute Gasteiger partial charge is 0.362 e. The summed E-state index contributed by atoms with van der Waals surface area (Å²) in [6, 6.07) is 13.7. The summed E-state index contributed by atoms with van der Waals surface area (Å²) in [5.41, 5.74) is 1.10. The van der Waals surface area contributed by atoms with Crippen molar-refractivity contribution >= 4 is 43.8 Å². The SMILES string of the molecule is Cc1cc2c3c4cccnc4oc(=O)c3n(Cc3nc4ccccc4c(=O)[nH]3)c2cc1F. The average Bonchev–Trinajstić information content (AvgIpc) is 3.08. The summed E-state index contributed by atoms with van der Waals surface area (Å²) in [4.78, 5) is 37.0. The Morgan fingerprint density at radius 1 is 1.06 bits per heavy atom.